The number of aromatic nitrogens is 2. The third-order valence-corrected chi connectivity index (χ3v) is 6.91. The molecule has 5 aromatic rings. The Morgan fingerprint density at radius 2 is 1.53 bits per heavy atom. The van der Waals surface area contributed by atoms with Crippen LogP contribution in [0.2, 0.25) is 0 Å². The van der Waals surface area contributed by atoms with Crippen molar-refractivity contribution in [1.82, 2.24) is 15.3 Å². The van der Waals surface area contributed by atoms with Crippen LogP contribution in [0.3, 0.4) is 0 Å². The van der Waals surface area contributed by atoms with Gasteiger partial charge in [-0.05, 0) is 89.2 Å². The molecule has 3 nitrogen and oxygen atoms in total. The average Bonchev–Trinajstić information content (AvgIpc) is 2.91. The van der Waals surface area contributed by atoms with Crippen LogP contribution in [0.15, 0.2) is 85.2 Å². The van der Waals surface area contributed by atoms with Crippen LogP contribution in [0.5, 0.6) is 0 Å². The third-order valence-electron chi connectivity index (χ3n) is 6.91. The van der Waals surface area contributed by atoms with Crippen molar-refractivity contribution >= 4 is 32.6 Å². The fourth-order valence-electron chi connectivity index (χ4n) is 5.18. The summed E-state index contributed by atoms with van der Waals surface area (Å²) in [4.78, 5) is 8.24. The van der Waals surface area contributed by atoms with Crippen molar-refractivity contribution in [1.29, 1.82) is 0 Å². The molecule has 0 spiro atoms. The van der Waals surface area contributed by atoms with E-state index in [2.05, 4.69) is 70.7 Å². The first-order chi connectivity index (χ1) is 16.8. The lowest BCUT2D eigenvalue weighted by Crippen LogP contribution is -2.26. The standard InChI is InChI=1S/C23H27N.C8H6N2/c1-2-3-6-16-24-23-11-7-10-19-21-13-12-17-8-4-5-9-18(17)20(21)14-15-22(19)23;1-3-7-8(9-5-1)4-2-6-10-7/h4-5,8-9,12-15,23-24H,2-3,6-7,10-11,16H2,1H3;1-6H. The van der Waals surface area contributed by atoms with Gasteiger partial charge in [0.15, 0.2) is 0 Å². The lowest BCUT2D eigenvalue weighted by molar-refractivity contribution is 0.453. The molecule has 0 saturated heterocycles. The van der Waals surface area contributed by atoms with E-state index in [9.17, 15) is 0 Å². The van der Waals surface area contributed by atoms with Gasteiger partial charge in [0.05, 0.1) is 11.0 Å². The topological polar surface area (TPSA) is 37.8 Å². The SMILES string of the molecule is CCCCCNC1CCCc2c1ccc1c2ccc2ccccc21.c1cnc2cccnc2c1. The Morgan fingerprint density at radius 1 is 0.765 bits per heavy atom. The Hall–Kier alpha value is -3.30. The maximum atomic E-state index is 4.12. The molecule has 3 heteroatoms. The van der Waals surface area contributed by atoms with Gasteiger partial charge in [0.2, 0.25) is 0 Å². The molecule has 0 fully saturated rings. The number of nitrogens with one attached hydrogen (secondary N) is 1. The summed E-state index contributed by atoms with van der Waals surface area (Å²) in [7, 11) is 0. The molecular weight excluding hydrogens is 414 g/mol. The van der Waals surface area contributed by atoms with Crippen LogP contribution in [0.4, 0.5) is 0 Å². The van der Waals surface area contributed by atoms with E-state index in [1.807, 2.05) is 24.3 Å². The van der Waals surface area contributed by atoms with Gasteiger partial charge in [0.25, 0.3) is 0 Å². The summed E-state index contributed by atoms with van der Waals surface area (Å²) in [5.41, 5.74) is 5.02. The number of nitrogens with zero attached hydrogens (tertiary/aromatic N) is 2. The quantitative estimate of drug-likeness (QED) is 0.221. The highest BCUT2D eigenvalue weighted by atomic mass is 14.9. The van der Waals surface area contributed by atoms with Crippen LogP contribution in [0, 0.1) is 0 Å². The van der Waals surface area contributed by atoms with Crippen LogP contribution < -0.4 is 5.32 Å². The van der Waals surface area contributed by atoms with Crippen LogP contribution in [0.1, 0.15) is 56.2 Å². The summed E-state index contributed by atoms with van der Waals surface area (Å²) >= 11 is 0. The molecule has 1 aliphatic rings. The fourth-order valence-corrected chi connectivity index (χ4v) is 5.18. The van der Waals surface area contributed by atoms with Gasteiger partial charge < -0.3 is 5.32 Å². The molecule has 6 rings (SSSR count). The van der Waals surface area contributed by atoms with Gasteiger partial charge in [-0.2, -0.15) is 0 Å². The van der Waals surface area contributed by atoms with Crippen molar-refractivity contribution in [2.45, 2.75) is 51.5 Å². The number of pyridine rings is 2. The van der Waals surface area contributed by atoms with E-state index in [0.717, 1.165) is 17.6 Å². The third kappa shape index (κ3) is 4.80. The molecule has 1 aliphatic carbocycles. The van der Waals surface area contributed by atoms with E-state index >= 15 is 0 Å². The number of hydrogen-bond acceptors (Lipinski definition) is 3. The summed E-state index contributed by atoms with van der Waals surface area (Å²) in [5.74, 6) is 0. The minimum atomic E-state index is 0.543. The van der Waals surface area contributed by atoms with Crippen molar-refractivity contribution in [2.24, 2.45) is 0 Å². The molecule has 0 bridgehead atoms. The minimum absolute atomic E-state index is 0.543. The van der Waals surface area contributed by atoms with E-state index in [1.54, 1.807) is 23.5 Å². The molecule has 2 heterocycles. The summed E-state index contributed by atoms with van der Waals surface area (Å²) in [6, 6.07) is 26.3. The Bertz CT molecular complexity index is 1330. The molecule has 1 N–H and O–H groups in total. The van der Waals surface area contributed by atoms with Gasteiger partial charge in [-0.3, -0.25) is 9.97 Å². The average molecular weight is 448 g/mol. The van der Waals surface area contributed by atoms with Crippen molar-refractivity contribution in [2.75, 3.05) is 6.54 Å². The second kappa shape index (κ2) is 10.8. The number of aryl methyl sites for hydroxylation is 1. The van der Waals surface area contributed by atoms with Gasteiger partial charge in [0.1, 0.15) is 0 Å². The Kier molecular flexibility index (Phi) is 7.11. The first-order valence-electron chi connectivity index (χ1n) is 12.7. The van der Waals surface area contributed by atoms with Gasteiger partial charge in [-0.15, -0.1) is 0 Å². The number of fused-ring (bicyclic) bond motifs is 6. The second-order valence-corrected chi connectivity index (χ2v) is 9.17. The molecule has 2 aromatic heterocycles. The molecule has 1 unspecified atom stereocenters. The molecule has 0 aliphatic heterocycles. The number of unbranched alkanes of at least 4 members (excludes halogenated alkanes) is 2. The minimum Gasteiger partial charge on any atom is -0.310 e. The summed E-state index contributed by atoms with van der Waals surface area (Å²) in [6.07, 6.45) is 11.2. The molecule has 0 amide bonds. The zero-order valence-electron chi connectivity index (χ0n) is 20.0. The summed E-state index contributed by atoms with van der Waals surface area (Å²) < 4.78 is 0. The van der Waals surface area contributed by atoms with Crippen LogP contribution >= 0.6 is 0 Å². The van der Waals surface area contributed by atoms with E-state index in [1.165, 1.54) is 60.1 Å². The zero-order valence-corrected chi connectivity index (χ0v) is 20.0. The molecule has 1 atom stereocenters. The predicted molar refractivity (Wildman–Crippen MR) is 144 cm³/mol. The van der Waals surface area contributed by atoms with E-state index in [0.29, 0.717) is 6.04 Å². The maximum Gasteiger partial charge on any atom is 0.0886 e. The molecule has 0 saturated carbocycles. The first kappa shape index (κ1) is 22.5. The lowest BCUT2D eigenvalue weighted by Gasteiger charge is -2.28. The van der Waals surface area contributed by atoms with Crippen molar-refractivity contribution in [3.05, 3.63) is 96.3 Å². The highest BCUT2D eigenvalue weighted by Gasteiger charge is 2.21. The Labute approximate surface area is 202 Å². The maximum absolute atomic E-state index is 4.12. The van der Waals surface area contributed by atoms with Crippen LogP contribution in [-0.2, 0) is 6.42 Å². The smallest absolute Gasteiger partial charge is 0.0886 e. The van der Waals surface area contributed by atoms with Crippen molar-refractivity contribution in [3.8, 4) is 0 Å². The van der Waals surface area contributed by atoms with Crippen molar-refractivity contribution in [3.63, 3.8) is 0 Å². The second-order valence-electron chi connectivity index (χ2n) is 9.17. The predicted octanol–water partition coefficient (Wildman–Crippen LogP) is 7.78. The van der Waals surface area contributed by atoms with Gasteiger partial charge in [-0.25, -0.2) is 0 Å². The van der Waals surface area contributed by atoms with Gasteiger partial charge in [-0.1, -0.05) is 68.3 Å². The van der Waals surface area contributed by atoms with Crippen molar-refractivity contribution < 1.29 is 0 Å². The molecular formula is C31H33N3. The highest BCUT2D eigenvalue weighted by molar-refractivity contribution is 6.08. The molecule has 172 valence electrons. The molecule has 0 radical (unpaired) electrons. The first-order valence-corrected chi connectivity index (χ1v) is 12.7. The molecule has 34 heavy (non-hydrogen) atoms. The van der Waals surface area contributed by atoms with E-state index < -0.39 is 0 Å². The summed E-state index contributed by atoms with van der Waals surface area (Å²) in [6.45, 7) is 3.42. The summed E-state index contributed by atoms with van der Waals surface area (Å²) in [5, 5.41) is 9.42. The van der Waals surface area contributed by atoms with E-state index in [4.69, 9.17) is 0 Å². The van der Waals surface area contributed by atoms with Crippen LogP contribution in [-0.4, -0.2) is 16.5 Å². The zero-order chi connectivity index (χ0) is 23.2. The van der Waals surface area contributed by atoms with Gasteiger partial charge >= 0.3 is 0 Å². The lowest BCUT2D eigenvalue weighted by atomic mass is 9.83. The molecule has 3 aromatic carbocycles. The normalized spacial score (nSPS) is 15.1. The number of benzene rings is 3. The van der Waals surface area contributed by atoms with E-state index in [-0.39, 0.29) is 0 Å². The fraction of sp³-hybridized carbons (Fsp3) is 0.290. The number of hydrogen-bond donors (Lipinski definition) is 1. The van der Waals surface area contributed by atoms with Crippen LogP contribution in [0.25, 0.3) is 32.6 Å². The Balaban J connectivity index is 0.000000200. The largest absolute Gasteiger partial charge is 0.310 e. The Morgan fingerprint density at radius 3 is 2.32 bits per heavy atom. The number of rotatable bonds is 5. The monoisotopic (exact) mass is 447 g/mol. The van der Waals surface area contributed by atoms with Gasteiger partial charge in [0, 0.05) is 18.4 Å². The highest BCUT2D eigenvalue weighted by Crippen LogP contribution is 2.37.